The van der Waals surface area contributed by atoms with E-state index in [4.69, 9.17) is 4.74 Å². The van der Waals surface area contributed by atoms with Gasteiger partial charge in [-0.25, -0.2) is 4.98 Å². The van der Waals surface area contributed by atoms with Crippen molar-refractivity contribution in [3.05, 3.63) is 40.4 Å². The average molecular weight is 385 g/mol. The van der Waals surface area contributed by atoms with Crippen molar-refractivity contribution in [2.24, 2.45) is 0 Å². The number of H-pyrrole nitrogens is 1. The summed E-state index contributed by atoms with van der Waals surface area (Å²) >= 11 is 0. The monoisotopic (exact) mass is 385 g/mol. The molecule has 0 saturated carbocycles. The standard InChI is InChI=1S/C21H27N3O4/c1-13-7-6-8-14(2)24(13)21(27)15(3)28-19(25)12-11-18-22-17-10-5-4-9-16(17)20(26)23-18/h4-5,9-10,13-15H,6-8,11-12H2,1-3H3,(H,22,23,26)/t13-,14+,15-/m1/s1. The summed E-state index contributed by atoms with van der Waals surface area (Å²) < 4.78 is 5.35. The first-order valence-corrected chi connectivity index (χ1v) is 9.86. The van der Waals surface area contributed by atoms with Crippen LogP contribution in [0.15, 0.2) is 29.1 Å². The van der Waals surface area contributed by atoms with Crippen LogP contribution >= 0.6 is 0 Å². The number of carbonyl (C=O) groups excluding carboxylic acids is 2. The fourth-order valence-electron chi connectivity index (χ4n) is 3.85. The van der Waals surface area contributed by atoms with Crippen LogP contribution in [0.2, 0.25) is 0 Å². The molecule has 1 amide bonds. The molecule has 1 aliphatic heterocycles. The van der Waals surface area contributed by atoms with Crippen molar-refractivity contribution in [2.75, 3.05) is 0 Å². The van der Waals surface area contributed by atoms with E-state index in [1.807, 2.05) is 24.8 Å². The van der Waals surface area contributed by atoms with Gasteiger partial charge in [0.1, 0.15) is 5.82 Å². The minimum absolute atomic E-state index is 0.0456. The Morgan fingerprint density at radius 3 is 2.64 bits per heavy atom. The van der Waals surface area contributed by atoms with E-state index in [0.717, 1.165) is 19.3 Å². The molecule has 1 aromatic carbocycles. The van der Waals surface area contributed by atoms with E-state index in [1.54, 1.807) is 25.1 Å². The van der Waals surface area contributed by atoms with Gasteiger partial charge in [-0.3, -0.25) is 14.4 Å². The molecule has 2 heterocycles. The quantitative estimate of drug-likeness (QED) is 0.799. The lowest BCUT2D eigenvalue weighted by atomic mass is 9.97. The van der Waals surface area contributed by atoms with E-state index in [-0.39, 0.29) is 36.4 Å². The molecule has 28 heavy (non-hydrogen) atoms. The number of esters is 1. The maximum Gasteiger partial charge on any atom is 0.307 e. The Labute approximate surface area is 164 Å². The number of fused-ring (bicyclic) bond motifs is 1. The number of aromatic nitrogens is 2. The van der Waals surface area contributed by atoms with E-state index < -0.39 is 12.1 Å². The van der Waals surface area contributed by atoms with Crippen molar-refractivity contribution in [1.82, 2.24) is 14.9 Å². The summed E-state index contributed by atoms with van der Waals surface area (Å²) in [5, 5.41) is 0.512. The number of carbonyl (C=O) groups is 2. The van der Waals surface area contributed by atoms with Gasteiger partial charge in [0.05, 0.1) is 17.3 Å². The van der Waals surface area contributed by atoms with Gasteiger partial charge >= 0.3 is 5.97 Å². The molecule has 7 nitrogen and oxygen atoms in total. The molecule has 1 fully saturated rings. The molecule has 1 aromatic heterocycles. The van der Waals surface area contributed by atoms with E-state index in [0.29, 0.717) is 16.7 Å². The van der Waals surface area contributed by atoms with Crippen LogP contribution in [0.3, 0.4) is 0 Å². The number of aryl methyl sites for hydroxylation is 1. The van der Waals surface area contributed by atoms with Crippen LogP contribution in [0.25, 0.3) is 10.9 Å². The Morgan fingerprint density at radius 1 is 1.25 bits per heavy atom. The minimum Gasteiger partial charge on any atom is -0.453 e. The number of aromatic amines is 1. The molecule has 2 aromatic rings. The number of amides is 1. The van der Waals surface area contributed by atoms with Crippen molar-refractivity contribution < 1.29 is 14.3 Å². The molecule has 0 aliphatic carbocycles. The van der Waals surface area contributed by atoms with Crippen molar-refractivity contribution in [1.29, 1.82) is 0 Å². The summed E-state index contributed by atoms with van der Waals surface area (Å²) in [5.41, 5.74) is 0.358. The van der Waals surface area contributed by atoms with E-state index in [9.17, 15) is 14.4 Å². The van der Waals surface area contributed by atoms with Crippen molar-refractivity contribution >= 4 is 22.8 Å². The smallest absolute Gasteiger partial charge is 0.307 e. The van der Waals surface area contributed by atoms with Gasteiger partial charge in [0, 0.05) is 18.5 Å². The Morgan fingerprint density at radius 2 is 1.93 bits per heavy atom. The van der Waals surface area contributed by atoms with Gasteiger partial charge in [0.2, 0.25) is 0 Å². The number of likely N-dealkylation sites (tertiary alicyclic amines) is 1. The fraction of sp³-hybridized carbons (Fsp3) is 0.524. The van der Waals surface area contributed by atoms with Crippen molar-refractivity contribution in [3.63, 3.8) is 0 Å². The molecule has 150 valence electrons. The number of para-hydroxylation sites is 1. The molecule has 1 saturated heterocycles. The lowest BCUT2D eigenvalue weighted by Crippen LogP contribution is -2.51. The largest absolute Gasteiger partial charge is 0.453 e. The zero-order valence-corrected chi connectivity index (χ0v) is 16.6. The Kier molecular flexibility index (Phi) is 6.11. The maximum atomic E-state index is 12.7. The summed E-state index contributed by atoms with van der Waals surface area (Å²) in [6.45, 7) is 5.68. The number of nitrogens with zero attached hydrogens (tertiary/aromatic N) is 2. The summed E-state index contributed by atoms with van der Waals surface area (Å²) in [6, 6.07) is 7.36. The highest BCUT2D eigenvalue weighted by Crippen LogP contribution is 2.23. The fourth-order valence-corrected chi connectivity index (χ4v) is 3.85. The molecule has 3 rings (SSSR count). The Balaban J connectivity index is 1.58. The third-order valence-corrected chi connectivity index (χ3v) is 5.33. The highest BCUT2D eigenvalue weighted by Gasteiger charge is 2.33. The predicted molar refractivity (Wildman–Crippen MR) is 106 cm³/mol. The second kappa shape index (κ2) is 8.54. The zero-order chi connectivity index (χ0) is 20.3. The molecule has 1 aliphatic rings. The zero-order valence-electron chi connectivity index (χ0n) is 16.6. The highest BCUT2D eigenvalue weighted by atomic mass is 16.5. The first-order valence-electron chi connectivity index (χ1n) is 9.86. The van der Waals surface area contributed by atoms with Crippen LogP contribution < -0.4 is 5.56 Å². The van der Waals surface area contributed by atoms with Crippen LogP contribution in [0.5, 0.6) is 0 Å². The van der Waals surface area contributed by atoms with Crippen molar-refractivity contribution in [2.45, 2.75) is 71.1 Å². The van der Waals surface area contributed by atoms with Gasteiger partial charge in [-0.2, -0.15) is 0 Å². The molecule has 7 heteroatoms. The third-order valence-electron chi connectivity index (χ3n) is 5.33. The predicted octanol–water partition coefficient (Wildman–Crippen LogP) is 2.58. The summed E-state index contributed by atoms with van der Waals surface area (Å²) in [7, 11) is 0. The second-order valence-corrected chi connectivity index (χ2v) is 7.54. The number of hydrogen-bond acceptors (Lipinski definition) is 5. The topological polar surface area (TPSA) is 92.4 Å². The van der Waals surface area contributed by atoms with Gasteiger partial charge in [-0.1, -0.05) is 12.1 Å². The summed E-state index contributed by atoms with van der Waals surface area (Å²) in [4.78, 5) is 45.9. The van der Waals surface area contributed by atoms with Gasteiger partial charge in [0.15, 0.2) is 6.10 Å². The second-order valence-electron chi connectivity index (χ2n) is 7.54. The number of ether oxygens (including phenoxy) is 1. The molecule has 0 spiro atoms. The number of piperidine rings is 1. The van der Waals surface area contributed by atoms with Gasteiger partial charge < -0.3 is 14.6 Å². The Bertz CT molecular complexity index is 913. The third kappa shape index (κ3) is 4.40. The summed E-state index contributed by atoms with van der Waals surface area (Å²) in [5.74, 6) is -0.197. The van der Waals surface area contributed by atoms with E-state index in [1.165, 1.54) is 0 Å². The Hall–Kier alpha value is -2.70. The first kappa shape index (κ1) is 20.0. The number of nitrogens with one attached hydrogen (secondary N) is 1. The number of benzene rings is 1. The van der Waals surface area contributed by atoms with Crippen LogP contribution in [-0.4, -0.2) is 44.9 Å². The molecular formula is C21H27N3O4. The minimum atomic E-state index is -0.820. The van der Waals surface area contributed by atoms with Crippen LogP contribution in [0.4, 0.5) is 0 Å². The molecule has 0 radical (unpaired) electrons. The van der Waals surface area contributed by atoms with Gasteiger partial charge in [-0.05, 0) is 52.2 Å². The van der Waals surface area contributed by atoms with Crippen LogP contribution in [0, 0.1) is 0 Å². The molecular weight excluding hydrogens is 358 g/mol. The SMILES string of the molecule is C[C@@H]1CCC[C@H](C)N1C(=O)[C@@H](C)OC(=O)CCc1nc2ccccc2c(=O)[nH]1. The van der Waals surface area contributed by atoms with Crippen molar-refractivity contribution in [3.8, 4) is 0 Å². The van der Waals surface area contributed by atoms with E-state index >= 15 is 0 Å². The number of hydrogen-bond donors (Lipinski definition) is 1. The maximum absolute atomic E-state index is 12.7. The molecule has 0 unspecified atom stereocenters. The van der Waals surface area contributed by atoms with Crippen LogP contribution in [0.1, 0.15) is 52.3 Å². The van der Waals surface area contributed by atoms with Crippen LogP contribution in [-0.2, 0) is 20.7 Å². The molecule has 0 bridgehead atoms. The van der Waals surface area contributed by atoms with Gasteiger partial charge in [0.25, 0.3) is 11.5 Å². The molecule has 1 N–H and O–H groups in total. The average Bonchev–Trinajstić information content (AvgIpc) is 2.66. The summed E-state index contributed by atoms with van der Waals surface area (Å²) in [6.07, 6.45) is 2.52. The first-order chi connectivity index (χ1) is 13.4. The highest BCUT2D eigenvalue weighted by molar-refractivity contribution is 5.84. The van der Waals surface area contributed by atoms with E-state index in [2.05, 4.69) is 9.97 Å². The van der Waals surface area contributed by atoms with Gasteiger partial charge in [-0.15, -0.1) is 0 Å². The number of rotatable bonds is 5. The lowest BCUT2D eigenvalue weighted by molar-refractivity contribution is -0.162. The molecule has 3 atom stereocenters. The normalized spacial score (nSPS) is 20.8. The lowest BCUT2D eigenvalue weighted by Gasteiger charge is -2.40.